The van der Waals surface area contributed by atoms with Gasteiger partial charge in [-0.1, -0.05) is 164 Å². The lowest BCUT2D eigenvalue weighted by Gasteiger charge is -2.27. The van der Waals surface area contributed by atoms with Crippen molar-refractivity contribution in [3.05, 3.63) is 258 Å². The fourth-order valence-corrected chi connectivity index (χ4v) is 10.7. The molecule has 0 saturated heterocycles. The van der Waals surface area contributed by atoms with E-state index in [0.29, 0.717) is 0 Å². The van der Waals surface area contributed by atoms with Crippen LogP contribution in [0.5, 0.6) is 0 Å². The molecule has 0 saturated carbocycles. The van der Waals surface area contributed by atoms with Gasteiger partial charge in [-0.3, -0.25) is 0 Å². The van der Waals surface area contributed by atoms with Gasteiger partial charge in [0.05, 0.1) is 0 Å². The van der Waals surface area contributed by atoms with Gasteiger partial charge in [0.1, 0.15) is 11.2 Å². The predicted molar refractivity (Wildman–Crippen MR) is 257 cm³/mol. The van der Waals surface area contributed by atoms with Gasteiger partial charge in [-0.2, -0.15) is 0 Å². The Balaban J connectivity index is 0.968. The van der Waals surface area contributed by atoms with Crippen LogP contribution in [0.25, 0.3) is 66.1 Å². The molecule has 2 unspecified atom stereocenters. The first-order chi connectivity index (χ1) is 30.7. The highest BCUT2D eigenvalue weighted by molar-refractivity contribution is 6.14. The van der Waals surface area contributed by atoms with Crippen molar-refractivity contribution in [1.82, 2.24) is 0 Å². The van der Waals surface area contributed by atoms with E-state index >= 15 is 0 Å². The average Bonchev–Trinajstić information content (AvgIpc) is 3.99. The molecule has 1 aromatic heterocycles. The molecular weight excluding hydrogens is 751 g/mol. The van der Waals surface area contributed by atoms with Crippen LogP contribution in [0, 0.1) is 0 Å². The van der Waals surface area contributed by atoms with Gasteiger partial charge in [0.15, 0.2) is 0 Å². The summed E-state index contributed by atoms with van der Waals surface area (Å²) in [6, 6.07) is 82.5. The fraction of sp³-hybridized carbons (Fsp3) is 0.0333. The summed E-state index contributed by atoms with van der Waals surface area (Å²) < 4.78 is 6.37. The van der Waals surface area contributed by atoms with Crippen molar-refractivity contribution in [2.24, 2.45) is 0 Å². The van der Waals surface area contributed by atoms with Crippen LogP contribution in [-0.4, -0.2) is 0 Å². The largest absolute Gasteiger partial charge is 0.456 e. The summed E-state index contributed by atoms with van der Waals surface area (Å²) in [4.78, 5) is 2.41. The molecule has 62 heavy (non-hydrogen) atoms. The zero-order valence-corrected chi connectivity index (χ0v) is 33.9. The number of fused-ring (bicyclic) bond motifs is 11. The summed E-state index contributed by atoms with van der Waals surface area (Å²) in [7, 11) is 0. The smallest absolute Gasteiger partial charge is 0.136 e. The standard InChI is InChI=1S/C60H39NO/c1-4-15-38(16-5-1)58-50-30-27-41(34-54(50)60-51(58)31-28-42-35-57-53(37-52(42)60)48-24-12-13-26-56(48)62-57)40-19-14-22-44(33-40)61(43-20-8-3-9-21-43)45-29-32-47-46-23-10-11-25-49(46)59(55(47)36-45)39-17-6-2-7-18-39/h1-37,58-59H. The van der Waals surface area contributed by atoms with Gasteiger partial charge >= 0.3 is 0 Å². The molecule has 2 aliphatic carbocycles. The molecule has 13 rings (SSSR count). The normalized spacial score (nSPS) is 14.8. The van der Waals surface area contributed by atoms with E-state index in [-0.39, 0.29) is 11.8 Å². The van der Waals surface area contributed by atoms with Crippen LogP contribution in [0.2, 0.25) is 0 Å². The van der Waals surface area contributed by atoms with Gasteiger partial charge < -0.3 is 9.32 Å². The molecule has 0 radical (unpaired) electrons. The van der Waals surface area contributed by atoms with E-state index in [4.69, 9.17) is 4.42 Å². The van der Waals surface area contributed by atoms with Gasteiger partial charge in [-0.15, -0.1) is 0 Å². The molecule has 2 nitrogen and oxygen atoms in total. The van der Waals surface area contributed by atoms with Crippen LogP contribution in [0.1, 0.15) is 45.2 Å². The lowest BCUT2D eigenvalue weighted by atomic mass is 9.88. The van der Waals surface area contributed by atoms with Crippen LogP contribution in [0.15, 0.2) is 229 Å². The second-order valence-corrected chi connectivity index (χ2v) is 16.8. The minimum Gasteiger partial charge on any atom is -0.456 e. The summed E-state index contributed by atoms with van der Waals surface area (Å²) in [5.74, 6) is 0.307. The Labute approximate surface area is 360 Å². The maximum Gasteiger partial charge on any atom is 0.136 e. The topological polar surface area (TPSA) is 16.4 Å². The quantitative estimate of drug-likeness (QED) is 0.167. The summed E-state index contributed by atoms with van der Waals surface area (Å²) in [6.07, 6.45) is 0. The molecule has 0 amide bonds. The second kappa shape index (κ2) is 13.8. The Hall–Kier alpha value is -7.94. The Bertz CT molecular complexity index is 3530. The Morgan fingerprint density at radius 3 is 1.77 bits per heavy atom. The van der Waals surface area contributed by atoms with E-state index in [9.17, 15) is 0 Å². The van der Waals surface area contributed by atoms with Crippen molar-refractivity contribution in [3.8, 4) is 33.4 Å². The van der Waals surface area contributed by atoms with Crippen molar-refractivity contribution >= 4 is 49.8 Å². The van der Waals surface area contributed by atoms with E-state index in [0.717, 1.165) is 39.0 Å². The number of rotatable bonds is 6. The zero-order chi connectivity index (χ0) is 40.7. The highest BCUT2D eigenvalue weighted by atomic mass is 16.3. The molecule has 290 valence electrons. The van der Waals surface area contributed by atoms with Gasteiger partial charge in [0.25, 0.3) is 0 Å². The number of hydrogen-bond acceptors (Lipinski definition) is 2. The Morgan fingerprint density at radius 2 is 0.952 bits per heavy atom. The second-order valence-electron chi connectivity index (χ2n) is 16.8. The molecule has 0 bridgehead atoms. The Morgan fingerprint density at radius 1 is 0.323 bits per heavy atom. The number of anilines is 3. The SMILES string of the molecule is c1ccc(C2c3ccccc3-c3ccc(N(c4ccccc4)c4cccc(-c5ccc6c(c5)-c5c(ccc7cc8oc9ccccc9c8cc57)C6c5ccccc5)c4)cc32)cc1. The van der Waals surface area contributed by atoms with Crippen LogP contribution in [-0.2, 0) is 0 Å². The van der Waals surface area contributed by atoms with Gasteiger partial charge in [-0.05, 0) is 138 Å². The fourth-order valence-electron chi connectivity index (χ4n) is 10.7. The predicted octanol–water partition coefficient (Wildman–Crippen LogP) is 16.2. The number of furan rings is 1. The molecule has 0 fully saturated rings. The highest BCUT2D eigenvalue weighted by Gasteiger charge is 2.33. The number of benzene rings is 10. The van der Waals surface area contributed by atoms with Crippen LogP contribution in [0.3, 0.4) is 0 Å². The lowest BCUT2D eigenvalue weighted by molar-refractivity contribution is 0.669. The monoisotopic (exact) mass is 789 g/mol. The minimum absolute atomic E-state index is 0.141. The van der Waals surface area contributed by atoms with Crippen LogP contribution >= 0.6 is 0 Å². The maximum absolute atomic E-state index is 6.37. The first-order valence-electron chi connectivity index (χ1n) is 21.6. The van der Waals surface area contributed by atoms with Crippen LogP contribution < -0.4 is 4.90 Å². The van der Waals surface area contributed by atoms with E-state index in [1.165, 1.54) is 77.5 Å². The van der Waals surface area contributed by atoms with Gasteiger partial charge in [0.2, 0.25) is 0 Å². The third-order valence-corrected chi connectivity index (χ3v) is 13.4. The third kappa shape index (κ3) is 5.36. The van der Waals surface area contributed by atoms with Crippen molar-refractivity contribution in [1.29, 1.82) is 0 Å². The van der Waals surface area contributed by atoms with E-state index in [2.05, 4.69) is 223 Å². The van der Waals surface area contributed by atoms with E-state index in [1.807, 2.05) is 6.07 Å². The minimum atomic E-state index is 0.141. The molecule has 1 heterocycles. The summed E-state index contributed by atoms with van der Waals surface area (Å²) in [5, 5.41) is 4.75. The van der Waals surface area contributed by atoms with E-state index < -0.39 is 0 Å². The van der Waals surface area contributed by atoms with Crippen molar-refractivity contribution < 1.29 is 4.42 Å². The summed E-state index contributed by atoms with van der Waals surface area (Å²) in [5.41, 5.74) is 20.8. The van der Waals surface area contributed by atoms with Crippen molar-refractivity contribution in [2.45, 2.75) is 11.8 Å². The molecule has 0 spiro atoms. The maximum atomic E-state index is 6.37. The van der Waals surface area contributed by atoms with E-state index in [1.54, 1.807) is 0 Å². The molecule has 2 atom stereocenters. The summed E-state index contributed by atoms with van der Waals surface area (Å²) in [6.45, 7) is 0. The van der Waals surface area contributed by atoms with Crippen molar-refractivity contribution in [3.63, 3.8) is 0 Å². The average molecular weight is 790 g/mol. The molecular formula is C60H39NO. The lowest BCUT2D eigenvalue weighted by Crippen LogP contribution is -2.11. The molecule has 11 aromatic rings. The van der Waals surface area contributed by atoms with Crippen molar-refractivity contribution in [2.75, 3.05) is 4.90 Å². The highest BCUT2D eigenvalue weighted by Crippen LogP contribution is 2.53. The zero-order valence-electron chi connectivity index (χ0n) is 33.9. The molecule has 0 aliphatic heterocycles. The number of para-hydroxylation sites is 2. The Kier molecular flexibility index (Phi) is 7.77. The van der Waals surface area contributed by atoms with Gasteiger partial charge in [-0.25, -0.2) is 0 Å². The number of nitrogens with zero attached hydrogens (tertiary/aromatic N) is 1. The molecule has 10 aromatic carbocycles. The molecule has 2 aliphatic rings. The first-order valence-corrected chi connectivity index (χ1v) is 21.6. The van der Waals surface area contributed by atoms with Gasteiger partial charge in [0, 0.05) is 39.7 Å². The number of hydrogen-bond donors (Lipinski definition) is 0. The third-order valence-electron chi connectivity index (χ3n) is 13.4. The summed E-state index contributed by atoms with van der Waals surface area (Å²) >= 11 is 0. The molecule has 0 N–H and O–H groups in total. The first kappa shape index (κ1) is 34.9. The van der Waals surface area contributed by atoms with Crippen LogP contribution in [0.4, 0.5) is 17.1 Å². The molecule has 2 heteroatoms.